The molecule has 5 atom stereocenters. The van der Waals surface area contributed by atoms with E-state index < -0.39 is 5.79 Å². The van der Waals surface area contributed by atoms with E-state index in [1.807, 2.05) is 0 Å². The maximum atomic E-state index is 3.07. The van der Waals surface area contributed by atoms with E-state index in [4.69, 9.17) is 0 Å². The van der Waals surface area contributed by atoms with Gasteiger partial charge in [0.2, 0.25) is 11.4 Å². The molecule has 1 aliphatic carbocycles. The van der Waals surface area contributed by atoms with Gasteiger partial charge in [0, 0.05) is 56.6 Å². The van der Waals surface area contributed by atoms with Gasteiger partial charge in [-0.1, -0.05) is 115 Å². The van der Waals surface area contributed by atoms with Crippen molar-refractivity contribution in [1.82, 2.24) is 9.80 Å². The van der Waals surface area contributed by atoms with E-state index in [9.17, 15) is 0 Å². The average Bonchev–Trinajstić information content (AvgIpc) is 3.69. The van der Waals surface area contributed by atoms with Crippen LogP contribution in [0.25, 0.3) is 0 Å². The Morgan fingerprint density at radius 3 is 1.65 bits per heavy atom. The quantitative estimate of drug-likeness (QED) is 0.149. The number of hydrogen-bond acceptors (Lipinski definition) is 2. The number of hydrogen-bond donors (Lipinski definition) is 0. The number of rotatable bonds is 5. The minimum absolute atomic E-state index is 0.0142. The van der Waals surface area contributed by atoms with Gasteiger partial charge in [0.15, 0.2) is 17.8 Å². The minimum atomic E-state index is -0.565. The van der Waals surface area contributed by atoms with Gasteiger partial charge in [-0.25, -0.2) is 0 Å². The highest BCUT2D eigenvalue weighted by molar-refractivity contribution is 5.41. The lowest BCUT2D eigenvalue weighted by atomic mass is 9.61. The molecule has 5 nitrogen and oxygen atoms in total. The fourth-order valence-corrected chi connectivity index (χ4v) is 14.0. The second kappa shape index (κ2) is 12.6. The first-order valence-electron chi connectivity index (χ1n) is 21.7. The van der Waals surface area contributed by atoms with E-state index in [0.29, 0.717) is 5.92 Å². The molecule has 0 saturated carbocycles. The zero-order valence-electron chi connectivity index (χ0n) is 37.2. The lowest BCUT2D eigenvalue weighted by molar-refractivity contribution is -1.24. The first kappa shape index (κ1) is 38.6. The molecule has 4 aliphatic heterocycles. The highest BCUT2D eigenvalue weighted by atomic mass is 15.8. The summed E-state index contributed by atoms with van der Waals surface area (Å²) in [5.41, 5.74) is 12.6. The molecule has 57 heavy (non-hydrogen) atoms. The summed E-state index contributed by atoms with van der Waals surface area (Å²) in [6.07, 6.45) is 10.7. The predicted octanol–water partition coefficient (Wildman–Crippen LogP) is 9.43. The van der Waals surface area contributed by atoms with Crippen molar-refractivity contribution < 1.29 is 13.6 Å². The lowest BCUT2D eigenvalue weighted by Gasteiger charge is -2.53. The standard InChI is InChI=1S/C52H68N5/c1-35-36(2)45-50(10,11)44(48(4,5)6)31-40-27-22-28-41-34-57(49(7,8)9)51(12,13)46(37(35)3)56(45)52(57,55(40)41)47-53(32-38-23-16-14-17-24-38)42-29-20-21-30-43(42)54(47)33-39-25-18-15-19-26-39/h14-30,42-44,47H,31-34H2,1-13H3/q+3/t42?,43?,44-,47?,52+,57?/m1/s1. The van der Waals surface area contributed by atoms with Gasteiger partial charge >= 0.3 is 5.79 Å². The number of pyridine rings is 2. The van der Waals surface area contributed by atoms with E-state index in [0.717, 1.165) is 30.5 Å². The Morgan fingerprint density at radius 2 is 1.14 bits per heavy atom. The molecule has 2 aromatic heterocycles. The summed E-state index contributed by atoms with van der Waals surface area (Å²) in [6.45, 7) is 35.7. The SMILES string of the molecule is Cc1c(C)c2[n+]3c(c1C)C(C)(C)[N+]1(C(C)(C)C)Cc4cccc([n+]4[C@@]31C1N(Cc3ccccc3)C3C=CC=CC3N1Cc1ccccc1)C[C@H](C(C)(C)C)C2(C)C. The maximum absolute atomic E-state index is 3.07. The van der Waals surface area contributed by atoms with Crippen LogP contribution in [0.3, 0.4) is 0 Å². The van der Waals surface area contributed by atoms with Crippen LogP contribution in [0.2, 0.25) is 0 Å². The van der Waals surface area contributed by atoms with Crippen molar-refractivity contribution in [2.75, 3.05) is 0 Å². The lowest BCUT2D eigenvalue weighted by Crippen LogP contribution is -2.92. The zero-order valence-corrected chi connectivity index (χ0v) is 37.2. The van der Waals surface area contributed by atoms with E-state index in [-0.39, 0.29) is 40.2 Å². The number of nitrogens with zero attached hydrogens (tertiary/aromatic N) is 5. The van der Waals surface area contributed by atoms with Crippen LogP contribution in [0.15, 0.2) is 103 Å². The zero-order chi connectivity index (χ0) is 40.7. The Labute approximate surface area is 343 Å². The van der Waals surface area contributed by atoms with Crippen LogP contribution in [0.5, 0.6) is 0 Å². The number of aromatic nitrogens is 2. The number of benzene rings is 2. The van der Waals surface area contributed by atoms with Crippen LogP contribution in [0.4, 0.5) is 0 Å². The molecule has 6 heterocycles. The van der Waals surface area contributed by atoms with Gasteiger partial charge in [-0.05, 0) is 89.5 Å². The molecule has 1 saturated heterocycles. The van der Waals surface area contributed by atoms with Gasteiger partial charge in [-0.3, -0.25) is 9.80 Å². The molecule has 3 unspecified atom stereocenters. The smallest absolute Gasteiger partial charge is 0.256 e. The summed E-state index contributed by atoms with van der Waals surface area (Å²) in [5, 5.41) is 0. The Kier molecular flexibility index (Phi) is 8.50. The highest BCUT2D eigenvalue weighted by Gasteiger charge is 2.94. The third-order valence-electron chi connectivity index (χ3n) is 15.9. The van der Waals surface area contributed by atoms with Gasteiger partial charge in [0.05, 0.1) is 17.5 Å². The van der Waals surface area contributed by atoms with Gasteiger partial charge in [0.25, 0.3) is 11.9 Å². The van der Waals surface area contributed by atoms with Crippen LogP contribution >= 0.6 is 0 Å². The first-order valence-corrected chi connectivity index (χ1v) is 21.7. The molecule has 298 valence electrons. The normalized spacial score (nSPS) is 29.6. The molecule has 0 bridgehead atoms. The van der Waals surface area contributed by atoms with Gasteiger partial charge in [0.1, 0.15) is 5.54 Å². The highest BCUT2D eigenvalue weighted by Crippen LogP contribution is 2.62. The van der Waals surface area contributed by atoms with Crippen molar-refractivity contribution in [3.63, 3.8) is 0 Å². The number of allylic oxidation sites excluding steroid dienone is 2. The van der Waals surface area contributed by atoms with Gasteiger partial charge in [-0.2, -0.15) is 4.48 Å². The van der Waals surface area contributed by atoms with Crippen molar-refractivity contribution in [2.24, 2.45) is 11.3 Å². The Bertz CT molecular complexity index is 2240. The first-order chi connectivity index (χ1) is 26.8. The average molecular weight is 763 g/mol. The predicted molar refractivity (Wildman–Crippen MR) is 231 cm³/mol. The topological polar surface area (TPSA) is 14.2 Å². The Morgan fingerprint density at radius 1 is 0.632 bits per heavy atom. The molecule has 5 aliphatic rings. The summed E-state index contributed by atoms with van der Waals surface area (Å²) in [4.78, 5) is 5.89. The van der Waals surface area contributed by atoms with Crippen LogP contribution in [0, 0.1) is 32.1 Å². The van der Waals surface area contributed by atoms with E-state index >= 15 is 0 Å². The molecule has 1 fully saturated rings. The van der Waals surface area contributed by atoms with Crippen molar-refractivity contribution in [1.29, 1.82) is 0 Å². The summed E-state index contributed by atoms with van der Waals surface area (Å²) in [6, 6.07) is 30.4. The summed E-state index contributed by atoms with van der Waals surface area (Å²) < 4.78 is 6.94. The Balaban J connectivity index is 1.52. The van der Waals surface area contributed by atoms with E-state index in [1.54, 1.807) is 0 Å². The fraction of sp³-hybridized carbons (Fsp3) is 0.500. The third kappa shape index (κ3) is 4.92. The molecule has 4 aromatic rings. The van der Waals surface area contributed by atoms with Crippen LogP contribution in [-0.4, -0.2) is 38.1 Å². The van der Waals surface area contributed by atoms with Crippen LogP contribution in [0.1, 0.15) is 120 Å². The molecule has 0 radical (unpaired) electrons. The van der Waals surface area contributed by atoms with Crippen molar-refractivity contribution >= 4 is 0 Å². The van der Waals surface area contributed by atoms with Crippen LogP contribution in [-0.2, 0) is 42.8 Å². The molecular weight excluding hydrogens is 695 g/mol. The number of quaternary nitrogens is 1. The molecule has 0 amide bonds. The van der Waals surface area contributed by atoms with Crippen LogP contribution < -0.4 is 9.13 Å². The third-order valence-corrected chi connectivity index (χ3v) is 15.9. The van der Waals surface area contributed by atoms with E-state index in [2.05, 4.69) is 212 Å². The molecule has 2 aromatic carbocycles. The molecule has 5 heteroatoms. The van der Waals surface area contributed by atoms with Crippen molar-refractivity contribution in [2.45, 2.75) is 157 Å². The second-order valence-corrected chi connectivity index (χ2v) is 21.4. The summed E-state index contributed by atoms with van der Waals surface area (Å²) >= 11 is 0. The fourth-order valence-electron chi connectivity index (χ4n) is 14.0. The second-order valence-electron chi connectivity index (χ2n) is 21.4. The monoisotopic (exact) mass is 763 g/mol. The summed E-state index contributed by atoms with van der Waals surface area (Å²) in [5.74, 6) is -0.164. The minimum Gasteiger partial charge on any atom is -0.256 e. The Hall–Kier alpha value is -3.90. The molecule has 9 rings (SSSR count). The largest absolute Gasteiger partial charge is 0.523 e. The molecule has 0 spiro atoms. The van der Waals surface area contributed by atoms with Crippen molar-refractivity contribution in [3.05, 3.63) is 154 Å². The molecular formula is C52H68N5+3. The van der Waals surface area contributed by atoms with Gasteiger partial charge < -0.3 is 0 Å². The van der Waals surface area contributed by atoms with E-state index in [1.165, 1.54) is 50.6 Å². The molecule has 0 N–H and O–H groups in total. The van der Waals surface area contributed by atoms with Gasteiger partial charge in [-0.15, -0.1) is 0 Å². The maximum Gasteiger partial charge on any atom is 0.523 e. The number of fused-ring (bicyclic) bond motifs is 1. The van der Waals surface area contributed by atoms with Crippen molar-refractivity contribution in [3.8, 4) is 0 Å². The summed E-state index contributed by atoms with van der Waals surface area (Å²) in [7, 11) is 0.